The number of nitrogens with two attached hydrogens (primary N) is 1. The number of halogens is 2. The molecule has 146 valence electrons. The van der Waals surface area contributed by atoms with Gasteiger partial charge in [-0.2, -0.15) is 17.8 Å². The molecular weight excluding hydrogens is 398 g/mol. The lowest BCUT2D eigenvalue weighted by Crippen LogP contribution is -2.43. The van der Waals surface area contributed by atoms with Gasteiger partial charge in [-0.25, -0.2) is 13.9 Å². The summed E-state index contributed by atoms with van der Waals surface area (Å²) in [4.78, 5) is 0. The number of nitrogens with zero attached hydrogens (tertiary/aromatic N) is 5. The Kier molecular flexibility index (Phi) is 3.60. The fourth-order valence-electron chi connectivity index (χ4n) is 4.21. The van der Waals surface area contributed by atoms with Crippen molar-refractivity contribution in [3.8, 4) is 10.7 Å². The molecule has 3 fully saturated rings. The lowest BCUT2D eigenvalue weighted by Gasteiger charge is -2.30. The summed E-state index contributed by atoms with van der Waals surface area (Å²) >= 11 is 1.18. The van der Waals surface area contributed by atoms with Crippen LogP contribution in [0.3, 0.4) is 0 Å². The molecular formula is C15H18F2N6O2S2. The molecule has 2 aromatic heterocycles. The van der Waals surface area contributed by atoms with Crippen LogP contribution in [0.5, 0.6) is 0 Å². The van der Waals surface area contributed by atoms with Crippen LogP contribution in [0.15, 0.2) is 12.3 Å². The van der Waals surface area contributed by atoms with Gasteiger partial charge in [0, 0.05) is 19.3 Å². The van der Waals surface area contributed by atoms with E-state index in [4.69, 9.17) is 5.14 Å². The van der Waals surface area contributed by atoms with E-state index < -0.39 is 27.5 Å². The molecule has 1 spiro atoms. The maximum Gasteiger partial charge on any atom is 0.276 e. The summed E-state index contributed by atoms with van der Waals surface area (Å²) in [5.41, 5.74) is -0.440. The highest BCUT2D eigenvalue weighted by Crippen LogP contribution is 2.75. The average Bonchev–Trinajstić information content (AvgIpc) is 3.32. The highest BCUT2D eigenvalue weighted by Gasteiger charge is 2.81. The molecule has 27 heavy (non-hydrogen) atoms. The molecule has 0 bridgehead atoms. The zero-order chi connectivity index (χ0) is 19.0. The molecule has 0 aromatic carbocycles. The summed E-state index contributed by atoms with van der Waals surface area (Å²) in [5.74, 6) is -3.93. The molecule has 5 rings (SSSR count). The molecule has 2 aliphatic carbocycles. The minimum atomic E-state index is -3.85. The molecule has 3 heterocycles. The summed E-state index contributed by atoms with van der Waals surface area (Å²) in [6.45, 7) is 0.00999. The molecule has 2 saturated carbocycles. The Labute approximate surface area is 158 Å². The Morgan fingerprint density at radius 1 is 1.22 bits per heavy atom. The number of alkyl halides is 2. The van der Waals surface area contributed by atoms with E-state index in [-0.39, 0.29) is 25.9 Å². The summed E-state index contributed by atoms with van der Waals surface area (Å²) in [5, 5.41) is 18.5. The normalized spacial score (nSPS) is 27.1. The van der Waals surface area contributed by atoms with Crippen LogP contribution >= 0.6 is 11.3 Å². The molecule has 0 unspecified atom stereocenters. The van der Waals surface area contributed by atoms with Gasteiger partial charge in [0.1, 0.15) is 5.01 Å². The van der Waals surface area contributed by atoms with Gasteiger partial charge in [0.2, 0.25) is 0 Å². The Hall–Kier alpha value is -1.50. The highest BCUT2D eigenvalue weighted by molar-refractivity contribution is 7.86. The predicted octanol–water partition coefficient (Wildman–Crippen LogP) is 1.75. The SMILES string of the molecule is NS(=O)(=O)N1CCC2(CC1)[C@H](c1nnc(-c3ccnn3C3CC3)s1)C2(F)F. The van der Waals surface area contributed by atoms with Crippen molar-refractivity contribution in [3.05, 3.63) is 17.3 Å². The van der Waals surface area contributed by atoms with Gasteiger partial charge in [0.25, 0.3) is 16.1 Å². The Bertz CT molecular complexity index is 992. The first kappa shape index (κ1) is 17.6. The number of aromatic nitrogens is 4. The molecule has 1 saturated heterocycles. The smallest absolute Gasteiger partial charge is 0.259 e. The van der Waals surface area contributed by atoms with Gasteiger partial charge in [0.05, 0.1) is 23.1 Å². The molecule has 1 aliphatic heterocycles. The van der Waals surface area contributed by atoms with Crippen molar-refractivity contribution in [1.29, 1.82) is 0 Å². The first-order valence-corrected chi connectivity index (χ1v) is 11.1. The van der Waals surface area contributed by atoms with Crippen molar-refractivity contribution >= 4 is 21.5 Å². The van der Waals surface area contributed by atoms with Crippen LogP contribution < -0.4 is 5.14 Å². The second-order valence-electron chi connectivity index (χ2n) is 7.49. The Balaban J connectivity index is 1.40. The van der Waals surface area contributed by atoms with Gasteiger partial charge >= 0.3 is 0 Å². The van der Waals surface area contributed by atoms with E-state index in [1.807, 2.05) is 10.7 Å². The molecule has 2 aromatic rings. The van der Waals surface area contributed by atoms with Gasteiger partial charge < -0.3 is 0 Å². The van der Waals surface area contributed by atoms with E-state index in [0.29, 0.717) is 16.1 Å². The third kappa shape index (κ3) is 2.57. The monoisotopic (exact) mass is 416 g/mol. The predicted molar refractivity (Wildman–Crippen MR) is 93.4 cm³/mol. The highest BCUT2D eigenvalue weighted by atomic mass is 32.2. The van der Waals surface area contributed by atoms with Gasteiger partial charge in [-0.15, -0.1) is 10.2 Å². The summed E-state index contributed by atoms with van der Waals surface area (Å²) in [6, 6.07) is 2.19. The zero-order valence-electron chi connectivity index (χ0n) is 14.3. The molecule has 1 atom stereocenters. The Morgan fingerprint density at radius 3 is 2.56 bits per heavy atom. The first-order chi connectivity index (χ1) is 12.7. The molecule has 0 amide bonds. The molecule has 8 nitrogen and oxygen atoms in total. The molecule has 0 radical (unpaired) electrons. The minimum Gasteiger partial charge on any atom is -0.259 e. The van der Waals surface area contributed by atoms with Crippen molar-refractivity contribution in [2.24, 2.45) is 10.6 Å². The lowest BCUT2D eigenvalue weighted by atomic mass is 9.91. The van der Waals surface area contributed by atoms with Crippen molar-refractivity contribution in [3.63, 3.8) is 0 Å². The van der Waals surface area contributed by atoms with Gasteiger partial charge in [-0.05, 0) is 31.7 Å². The van der Waals surface area contributed by atoms with Crippen LogP contribution in [0.1, 0.15) is 42.7 Å². The quantitative estimate of drug-likeness (QED) is 0.817. The van der Waals surface area contributed by atoms with E-state index in [2.05, 4.69) is 15.3 Å². The molecule has 3 aliphatic rings. The van der Waals surface area contributed by atoms with Crippen LogP contribution in [0.2, 0.25) is 0 Å². The van der Waals surface area contributed by atoms with Gasteiger partial charge in [-0.3, -0.25) is 4.68 Å². The van der Waals surface area contributed by atoms with Gasteiger partial charge in [0.15, 0.2) is 5.01 Å². The fourth-order valence-corrected chi connectivity index (χ4v) is 6.02. The molecule has 12 heteroatoms. The zero-order valence-corrected chi connectivity index (χ0v) is 15.9. The largest absolute Gasteiger partial charge is 0.276 e. The van der Waals surface area contributed by atoms with Crippen LogP contribution in [0.25, 0.3) is 10.7 Å². The topological polar surface area (TPSA) is 107 Å². The number of rotatable bonds is 4. The van der Waals surface area contributed by atoms with Crippen molar-refractivity contribution in [1.82, 2.24) is 24.3 Å². The lowest BCUT2D eigenvalue weighted by molar-refractivity contribution is 0.0413. The van der Waals surface area contributed by atoms with Crippen molar-refractivity contribution in [2.45, 2.75) is 43.6 Å². The van der Waals surface area contributed by atoms with Crippen molar-refractivity contribution < 1.29 is 17.2 Å². The maximum absolute atomic E-state index is 14.7. The third-order valence-electron chi connectivity index (χ3n) is 5.94. The van der Waals surface area contributed by atoms with Gasteiger partial charge in [-0.1, -0.05) is 11.3 Å². The van der Waals surface area contributed by atoms with Crippen molar-refractivity contribution in [2.75, 3.05) is 13.1 Å². The standard InChI is InChI=1S/C15H18F2N6O2S2/c16-15(17)11(14(15)4-7-22(8-5-14)27(18,24)25)13-21-20-12(26-13)10-3-6-19-23(10)9-1-2-9/h3,6,9,11H,1-2,4-5,7-8H2,(H2,18,24,25)/t11-/m0/s1. The van der Waals surface area contributed by atoms with E-state index in [9.17, 15) is 17.2 Å². The fraction of sp³-hybridized carbons (Fsp3) is 0.667. The average molecular weight is 416 g/mol. The second-order valence-corrected chi connectivity index (χ2v) is 10.0. The van der Waals surface area contributed by atoms with E-state index in [0.717, 1.165) is 22.8 Å². The summed E-state index contributed by atoms with van der Waals surface area (Å²) in [7, 11) is -3.85. The summed E-state index contributed by atoms with van der Waals surface area (Å²) in [6.07, 6.45) is 3.94. The first-order valence-electron chi connectivity index (χ1n) is 8.77. The number of hydrogen-bond acceptors (Lipinski definition) is 6. The summed E-state index contributed by atoms with van der Waals surface area (Å²) < 4.78 is 55.3. The van der Waals surface area contributed by atoms with Crippen LogP contribution in [0.4, 0.5) is 8.78 Å². The minimum absolute atomic E-state index is 0.00499. The second kappa shape index (κ2) is 5.52. The van der Waals surface area contributed by atoms with Crippen LogP contribution in [0, 0.1) is 5.41 Å². The van der Waals surface area contributed by atoms with E-state index >= 15 is 0 Å². The Morgan fingerprint density at radius 2 is 1.93 bits per heavy atom. The van der Waals surface area contributed by atoms with E-state index in [1.54, 1.807) is 6.20 Å². The van der Waals surface area contributed by atoms with Crippen LogP contribution in [-0.4, -0.2) is 51.7 Å². The maximum atomic E-state index is 14.7. The third-order valence-corrected chi connectivity index (χ3v) is 8.04. The van der Waals surface area contributed by atoms with E-state index in [1.165, 1.54) is 11.3 Å². The number of piperidine rings is 1. The van der Waals surface area contributed by atoms with Crippen LogP contribution in [-0.2, 0) is 10.2 Å². The number of hydrogen-bond donors (Lipinski definition) is 1. The molecule has 2 N–H and O–H groups in total.